The molecule has 9 heteroatoms. The van der Waals surface area contributed by atoms with Gasteiger partial charge in [0.05, 0.1) is 17.9 Å². The number of pyridine rings is 1. The van der Waals surface area contributed by atoms with Crippen molar-refractivity contribution in [2.75, 3.05) is 50.0 Å². The number of aliphatic imine (C=N–C) groups is 1. The maximum atomic E-state index is 12.9. The van der Waals surface area contributed by atoms with Crippen molar-refractivity contribution >= 4 is 35.3 Å². The number of guanidine groups is 1. The third-order valence-electron chi connectivity index (χ3n) is 6.29. The summed E-state index contributed by atoms with van der Waals surface area (Å²) in [7, 11) is 1.83. The molecule has 1 saturated heterocycles. The van der Waals surface area contributed by atoms with Crippen molar-refractivity contribution in [1.29, 1.82) is 0 Å². The Bertz CT molecular complexity index is 1060. The van der Waals surface area contributed by atoms with Crippen LogP contribution >= 0.6 is 0 Å². The molecule has 0 saturated carbocycles. The van der Waals surface area contributed by atoms with Gasteiger partial charge in [-0.1, -0.05) is 33.4 Å². The second-order valence-corrected chi connectivity index (χ2v) is 9.71. The largest absolute Gasteiger partial charge is 0.369 e. The predicted octanol–water partition coefficient (Wildman–Crippen LogP) is 2.67. The first kappa shape index (κ1) is 22.8. The van der Waals surface area contributed by atoms with E-state index in [2.05, 4.69) is 52.9 Å². The lowest BCUT2D eigenvalue weighted by molar-refractivity contribution is 0.0645. The zero-order chi connectivity index (χ0) is 23.8. The van der Waals surface area contributed by atoms with E-state index < -0.39 is 0 Å². The minimum absolute atomic E-state index is 0.0308. The highest BCUT2D eigenvalue weighted by atomic mass is 16.2. The minimum Gasteiger partial charge on any atom is -0.369 e. The van der Waals surface area contributed by atoms with E-state index in [9.17, 15) is 4.79 Å². The number of fused-ring (bicyclic) bond motifs is 1. The Labute approximate surface area is 195 Å². The van der Waals surface area contributed by atoms with Gasteiger partial charge in [-0.15, -0.1) is 0 Å². The molecule has 0 radical (unpaired) electrons. The summed E-state index contributed by atoms with van der Waals surface area (Å²) >= 11 is 0. The van der Waals surface area contributed by atoms with E-state index in [1.54, 1.807) is 11.0 Å². The number of carbonyl (C=O) groups excluding carboxylic acids is 1. The van der Waals surface area contributed by atoms with Gasteiger partial charge in [-0.2, -0.15) is 4.99 Å². The number of nitrogens with zero attached hydrogens (tertiary/aromatic N) is 5. The SMILES string of the molecule is C=Cc1cc2n(c1N=C(N)Nc1ccc(N3CCNCC3)cn1)[C@@H](C(C)(C)C)CN(C)C2=O. The summed E-state index contributed by atoms with van der Waals surface area (Å²) in [6, 6.07) is 5.83. The zero-order valence-electron chi connectivity index (χ0n) is 19.9. The first-order valence-electron chi connectivity index (χ1n) is 11.3. The van der Waals surface area contributed by atoms with E-state index in [1.807, 2.05) is 36.0 Å². The normalized spacial score (nSPS) is 19.5. The van der Waals surface area contributed by atoms with Crippen LogP contribution in [-0.2, 0) is 0 Å². The van der Waals surface area contributed by atoms with E-state index in [-0.39, 0.29) is 23.3 Å². The summed E-state index contributed by atoms with van der Waals surface area (Å²) in [6.07, 6.45) is 3.56. The van der Waals surface area contributed by atoms with Crippen molar-refractivity contribution < 1.29 is 4.79 Å². The van der Waals surface area contributed by atoms with Crippen LogP contribution in [-0.4, -0.2) is 66.1 Å². The van der Waals surface area contributed by atoms with Crippen LogP contribution in [0.5, 0.6) is 0 Å². The maximum absolute atomic E-state index is 12.9. The van der Waals surface area contributed by atoms with E-state index >= 15 is 0 Å². The van der Waals surface area contributed by atoms with Crippen molar-refractivity contribution in [3.8, 4) is 0 Å². The number of aromatic nitrogens is 2. The Morgan fingerprint density at radius 1 is 1.33 bits per heavy atom. The molecule has 0 spiro atoms. The Morgan fingerprint density at radius 2 is 2.06 bits per heavy atom. The number of hydrogen-bond acceptors (Lipinski definition) is 5. The number of likely N-dealkylation sites (N-methyl/N-ethyl adjacent to an activating group) is 1. The molecule has 0 unspecified atom stereocenters. The number of hydrogen-bond donors (Lipinski definition) is 3. The number of rotatable bonds is 4. The molecule has 2 aromatic heterocycles. The van der Waals surface area contributed by atoms with Crippen LogP contribution in [0.25, 0.3) is 6.08 Å². The first-order valence-corrected chi connectivity index (χ1v) is 11.3. The quantitative estimate of drug-likeness (QED) is 0.489. The van der Waals surface area contributed by atoms with Crippen molar-refractivity contribution in [1.82, 2.24) is 19.8 Å². The molecule has 1 atom stereocenters. The van der Waals surface area contributed by atoms with Gasteiger partial charge >= 0.3 is 0 Å². The summed E-state index contributed by atoms with van der Waals surface area (Å²) in [6.45, 7) is 14.9. The van der Waals surface area contributed by atoms with Gasteiger partial charge in [-0.05, 0) is 23.6 Å². The minimum atomic E-state index is -0.0883. The molecule has 2 aromatic rings. The molecular weight excluding hydrogens is 416 g/mol. The fourth-order valence-electron chi connectivity index (χ4n) is 4.41. The molecule has 4 heterocycles. The summed E-state index contributed by atoms with van der Waals surface area (Å²) in [5.41, 5.74) is 8.66. The molecule has 2 aliphatic heterocycles. The van der Waals surface area contributed by atoms with E-state index in [0.717, 1.165) is 37.4 Å². The van der Waals surface area contributed by atoms with E-state index in [1.165, 1.54) is 0 Å². The average molecular weight is 451 g/mol. The van der Waals surface area contributed by atoms with Crippen LogP contribution in [0.3, 0.4) is 0 Å². The van der Waals surface area contributed by atoms with Gasteiger partial charge in [0.25, 0.3) is 5.91 Å². The third kappa shape index (κ3) is 4.59. The molecule has 1 amide bonds. The van der Waals surface area contributed by atoms with Crippen LogP contribution < -0.4 is 21.3 Å². The molecule has 33 heavy (non-hydrogen) atoms. The van der Waals surface area contributed by atoms with Gasteiger partial charge in [0, 0.05) is 45.3 Å². The lowest BCUT2D eigenvalue weighted by atomic mass is 9.85. The number of nitrogens with two attached hydrogens (primary N) is 1. The zero-order valence-corrected chi connectivity index (χ0v) is 19.9. The monoisotopic (exact) mass is 450 g/mol. The molecule has 0 aromatic carbocycles. The Balaban J connectivity index is 1.63. The van der Waals surface area contributed by atoms with Gasteiger partial charge in [0.15, 0.2) is 0 Å². The molecule has 176 valence electrons. The lowest BCUT2D eigenvalue weighted by Crippen LogP contribution is -2.44. The number of nitrogens with one attached hydrogen (secondary N) is 2. The third-order valence-corrected chi connectivity index (χ3v) is 6.29. The molecule has 2 aliphatic rings. The molecule has 4 N–H and O–H groups in total. The van der Waals surface area contributed by atoms with Crippen molar-refractivity contribution in [2.45, 2.75) is 26.8 Å². The number of carbonyl (C=O) groups is 1. The highest BCUT2D eigenvalue weighted by molar-refractivity contribution is 5.97. The predicted molar refractivity (Wildman–Crippen MR) is 134 cm³/mol. The Kier molecular flexibility index (Phi) is 6.16. The highest BCUT2D eigenvalue weighted by Crippen LogP contribution is 2.41. The topological polar surface area (TPSA) is 104 Å². The second kappa shape index (κ2) is 8.90. The van der Waals surface area contributed by atoms with Crippen molar-refractivity contribution in [3.05, 3.63) is 42.2 Å². The summed E-state index contributed by atoms with van der Waals surface area (Å²) in [5.74, 6) is 1.42. The molecule has 9 nitrogen and oxygen atoms in total. The van der Waals surface area contributed by atoms with Crippen molar-refractivity contribution in [2.24, 2.45) is 16.1 Å². The first-order chi connectivity index (χ1) is 15.7. The van der Waals surface area contributed by atoms with Crippen LogP contribution in [0.15, 0.2) is 36.0 Å². The van der Waals surface area contributed by atoms with Gasteiger partial charge in [0.1, 0.15) is 17.3 Å². The Morgan fingerprint density at radius 3 is 2.67 bits per heavy atom. The lowest BCUT2D eigenvalue weighted by Gasteiger charge is -2.40. The number of anilines is 2. The average Bonchev–Trinajstić information content (AvgIpc) is 3.15. The van der Waals surface area contributed by atoms with Crippen LogP contribution in [0.1, 0.15) is 42.9 Å². The van der Waals surface area contributed by atoms with Gasteiger partial charge in [-0.25, -0.2) is 4.98 Å². The summed E-state index contributed by atoms with van der Waals surface area (Å²) < 4.78 is 2.01. The summed E-state index contributed by atoms with van der Waals surface area (Å²) in [5, 5.41) is 6.44. The van der Waals surface area contributed by atoms with Crippen LogP contribution in [0.2, 0.25) is 0 Å². The Hall–Kier alpha value is -3.33. The fourth-order valence-corrected chi connectivity index (χ4v) is 4.41. The molecule has 0 aliphatic carbocycles. The van der Waals surface area contributed by atoms with Crippen molar-refractivity contribution in [3.63, 3.8) is 0 Å². The smallest absolute Gasteiger partial charge is 0.270 e. The molecular formula is C24H34N8O. The molecule has 0 bridgehead atoms. The van der Waals surface area contributed by atoms with Crippen LogP contribution in [0.4, 0.5) is 17.3 Å². The standard InChI is InChI=1S/C24H34N8O/c1-6-16-13-18-22(33)30(5)15-19(24(2,3)4)32(18)21(16)29-23(25)28-20-8-7-17(14-27-20)31-11-9-26-10-12-31/h6-8,13-14,19,26H,1,9-12,15H2,2-5H3,(H3,25,27,28,29)/t19-/m1/s1. The van der Waals surface area contributed by atoms with E-state index in [4.69, 9.17) is 5.73 Å². The van der Waals surface area contributed by atoms with Gasteiger partial charge in [-0.3, -0.25) is 4.79 Å². The number of amides is 1. The number of piperazine rings is 1. The highest BCUT2D eigenvalue weighted by Gasteiger charge is 2.38. The fraction of sp³-hybridized carbons (Fsp3) is 0.458. The van der Waals surface area contributed by atoms with Gasteiger partial charge in [0.2, 0.25) is 5.96 Å². The second-order valence-electron chi connectivity index (χ2n) is 9.71. The molecule has 4 rings (SSSR count). The van der Waals surface area contributed by atoms with Crippen LogP contribution in [0, 0.1) is 5.41 Å². The maximum Gasteiger partial charge on any atom is 0.270 e. The summed E-state index contributed by atoms with van der Waals surface area (Å²) in [4.78, 5) is 26.1. The van der Waals surface area contributed by atoms with E-state index in [0.29, 0.717) is 23.9 Å². The van der Waals surface area contributed by atoms with Gasteiger partial charge < -0.3 is 30.7 Å². The molecule has 1 fully saturated rings.